The van der Waals surface area contributed by atoms with E-state index in [9.17, 15) is 14.0 Å². The molecule has 1 N–H and O–H groups in total. The minimum atomic E-state index is -0.738. The van der Waals surface area contributed by atoms with Crippen LogP contribution in [0.5, 0.6) is 0 Å². The summed E-state index contributed by atoms with van der Waals surface area (Å²) in [6.45, 7) is 0.0381. The third-order valence-corrected chi connectivity index (χ3v) is 7.62. The first-order valence-corrected chi connectivity index (χ1v) is 13.6. The molecule has 0 aromatic heterocycles. The van der Waals surface area contributed by atoms with E-state index < -0.39 is 6.04 Å². The van der Waals surface area contributed by atoms with E-state index in [4.69, 9.17) is 0 Å². The molecule has 1 unspecified atom stereocenters. The molecular weight excluding hydrogens is 471 g/mol. The van der Waals surface area contributed by atoms with Gasteiger partial charge in [0.25, 0.3) is 0 Å². The second-order valence-electron chi connectivity index (χ2n) is 9.26. The lowest BCUT2D eigenvalue weighted by atomic mass is 9.94. The minimum absolute atomic E-state index is 0.0381. The normalized spacial score (nSPS) is 14.7. The van der Waals surface area contributed by atoms with E-state index in [1.54, 1.807) is 23.1 Å². The summed E-state index contributed by atoms with van der Waals surface area (Å²) >= 11 is 1.43. The molecule has 1 aliphatic rings. The summed E-state index contributed by atoms with van der Waals surface area (Å²) in [4.78, 5) is 29.9. The Balaban J connectivity index is 1.61. The average molecular weight is 505 g/mol. The van der Waals surface area contributed by atoms with Crippen LogP contribution < -0.4 is 5.32 Å². The summed E-state index contributed by atoms with van der Waals surface area (Å²) in [6.07, 6.45) is 5.66. The van der Waals surface area contributed by atoms with Crippen LogP contribution in [0.15, 0.2) is 89.8 Å². The fourth-order valence-corrected chi connectivity index (χ4v) is 5.46. The second kappa shape index (κ2) is 13.3. The Morgan fingerprint density at radius 3 is 2.22 bits per heavy atom. The van der Waals surface area contributed by atoms with Gasteiger partial charge in [-0.3, -0.25) is 9.59 Å². The number of carbonyl (C=O) groups excluding carboxylic acids is 2. The second-order valence-corrected chi connectivity index (χ2v) is 10.3. The minimum Gasteiger partial charge on any atom is -0.352 e. The number of nitrogens with zero attached hydrogens (tertiary/aromatic N) is 1. The van der Waals surface area contributed by atoms with Crippen molar-refractivity contribution in [2.24, 2.45) is 0 Å². The lowest BCUT2D eigenvalue weighted by Gasteiger charge is -2.33. The smallest absolute Gasteiger partial charge is 0.243 e. The number of halogens is 1. The molecule has 6 heteroatoms. The molecule has 1 aliphatic carbocycles. The number of amides is 2. The zero-order chi connectivity index (χ0) is 25.2. The van der Waals surface area contributed by atoms with Gasteiger partial charge < -0.3 is 10.2 Å². The summed E-state index contributed by atoms with van der Waals surface area (Å²) in [7, 11) is 0. The van der Waals surface area contributed by atoms with Gasteiger partial charge in [-0.25, -0.2) is 4.39 Å². The van der Waals surface area contributed by atoms with Crippen molar-refractivity contribution in [3.63, 3.8) is 0 Å². The topological polar surface area (TPSA) is 49.4 Å². The van der Waals surface area contributed by atoms with E-state index in [0.717, 1.165) is 36.1 Å². The zero-order valence-corrected chi connectivity index (χ0v) is 21.3. The SMILES string of the molecule is O=C(NC1CCCCC1)C(Cc1ccccc1)N(Cc1ccccc1F)C(=O)CSc1ccccc1. The third kappa shape index (κ3) is 7.44. The first-order valence-electron chi connectivity index (χ1n) is 12.6. The Bertz CT molecular complexity index is 1120. The van der Waals surface area contributed by atoms with Gasteiger partial charge in [-0.1, -0.05) is 86.0 Å². The maximum Gasteiger partial charge on any atom is 0.243 e. The fraction of sp³-hybridized carbons (Fsp3) is 0.333. The number of hydrogen-bond donors (Lipinski definition) is 1. The Morgan fingerprint density at radius 2 is 1.53 bits per heavy atom. The number of hydrogen-bond acceptors (Lipinski definition) is 3. The Hall–Kier alpha value is -3.12. The summed E-state index contributed by atoms with van der Waals surface area (Å²) in [5.74, 6) is -0.565. The van der Waals surface area contributed by atoms with Crippen molar-refractivity contribution in [2.45, 2.75) is 62.0 Å². The van der Waals surface area contributed by atoms with Crippen LogP contribution in [0.1, 0.15) is 43.2 Å². The van der Waals surface area contributed by atoms with Gasteiger partial charge in [0.15, 0.2) is 0 Å². The highest BCUT2D eigenvalue weighted by molar-refractivity contribution is 8.00. The van der Waals surface area contributed by atoms with Crippen LogP contribution in [0.4, 0.5) is 4.39 Å². The van der Waals surface area contributed by atoms with Gasteiger partial charge in [-0.05, 0) is 36.6 Å². The van der Waals surface area contributed by atoms with Gasteiger partial charge in [-0.15, -0.1) is 11.8 Å². The van der Waals surface area contributed by atoms with Crippen molar-refractivity contribution in [2.75, 3.05) is 5.75 Å². The summed E-state index contributed by atoms with van der Waals surface area (Å²) in [5, 5.41) is 3.22. The molecule has 0 spiro atoms. The third-order valence-electron chi connectivity index (χ3n) is 6.63. The average Bonchev–Trinajstić information content (AvgIpc) is 2.92. The van der Waals surface area contributed by atoms with Crippen molar-refractivity contribution in [1.29, 1.82) is 0 Å². The molecule has 0 aliphatic heterocycles. The molecule has 0 bridgehead atoms. The van der Waals surface area contributed by atoms with E-state index >= 15 is 0 Å². The van der Waals surface area contributed by atoms with Crippen molar-refractivity contribution in [3.8, 4) is 0 Å². The largest absolute Gasteiger partial charge is 0.352 e. The Kier molecular flexibility index (Phi) is 9.56. The standard InChI is InChI=1S/C30H33FN2O2S/c31-27-19-11-10-14-24(27)21-33(29(34)22-36-26-17-8-3-9-18-26)28(20-23-12-4-1-5-13-23)30(35)32-25-15-6-2-7-16-25/h1,3-5,8-14,17-19,25,28H,2,6-7,15-16,20-22H2,(H,32,35). The van der Waals surface area contributed by atoms with Crippen LogP contribution in [-0.2, 0) is 22.6 Å². The van der Waals surface area contributed by atoms with Crippen molar-refractivity contribution >= 4 is 23.6 Å². The van der Waals surface area contributed by atoms with E-state index in [-0.39, 0.29) is 36.0 Å². The van der Waals surface area contributed by atoms with E-state index in [1.165, 1.54) is 24.2 Å². The molecule has 2 amide bonds. The van der Waals surface area contributed by atoms with Gasteiger partial charge in [0.05, 0.1) is 5.75 Å². The zero-order valence-electron chi connectivity index (χ0n) is 20.4. The number of nitrogens with one attached hydrogen (secondary N) is 1. The molecule has 3 aromatic carbocycles. The predicted octanol–water partition coefficient (Wildman–Crippen LogP) is 6.01. The quantitative estimate of drug-likeness (QED) is 0.344. The summed E-state index contributed by atoms with van der Waals surface area (Å²) in [6, 6.07) is 25.3. The van der Waals surface area contributed by atoms with E-state index in [0.29, 0.717) is 12.0 Å². The maximum atomic E-state index is 14.7. The van der Waals surface area contributed by atoms with Crippen LogP contribution in [0.3, 0.4) is 0 Å². The molecule has 1 fully saturated rings. The van der Waals surface area contributed by atoms with Crippen LogP contribution >= 0.6 is 11.8 Å². The first kappa shape index (κ1) is 26.0. The number of thioether (sulfide) groups is 1. The molecule has 3 aromatic rings. The van der Waals surface area contributed by atoms with Gasteiger partial charge in [-0.2, -0.15) is 0 Å². The maximum absolute atomic E-state index is 14.7. The van der Waals surface area contributed by atoms with Gasteiger partial charge in [0.1, 0.15) is 11.9 Å². The van der Waals surface area contributed by atoms with Crippen LogP contribution in [0.2, 0.25) is 0 Å². The lowest BCUT2D eigenvalue weighted by Crippen LogP contribution is -2.53. The van der Waals surface area contributed by atoms with Crippen molar-refractivity contribution < 1.29 is 14.0 Å². The number of rotatable bonds is 10. The van der Waals surface area contributed by atoms with Crippen LogP contribution in [0, 0.1) is 5.82 Å². The van der Waals surface area contributed by atoms with Crippen molar-refractivity contribution in [1.82, 2.24) is 10.2 Å². The van der Waals surface area contributed by atoms with Gasteiger partial charge >= 0.3 is 0 Å². The molecule has 188 valence electrons. The van der Waals surface area contributed by atoms with E-state index in [2.05, 4.69) is 5.32 Å². The van der Waals surface area contributed by atoms with Gasteiger partial charge in [0.2, 0.25) is 11.8 Å². The van der Waals surface area contributed by atoms with Crippen LogP contribution in [0.25, 0.3) is 0 Å². The molecule has 0 radical (unpaired) electrons. The van der Waals surface area contributed by atoms with Crippen LogP contribution in [-0.4, -0.2) is 34.6 Å². The van der Waals surface area contributed by atoms with Crippen molar-refractivity contribution in [3.05, 3.63) is 102 Å². The molecule has 36 heavy (non-hydrogen) atoms. The molecular formula is C30H33FN2O2S. The fourth-order valence-electron chi connectivity index (χ4n) is 4.65. The first-order chi connectivity index (χ1) is 17.6. The highest BCUT2D eigenvalue weighted by Gasteiger charge is 2.32. The predicted molar refractivity (Wildman–Crippen MR) is 143 cm³/mol. The monoisotopic (exact) mass is 504 g/mol. The molecule has 4 rings (SSSR count). The Morgan fingerprint density at radius 1 is 0.889 bits per heavy atom. The molecule has 1 saturated carbocycles. The molecule has 0 heterocycles. The highest BCUT2D eigenvalue weighted by Crippen LogP contribution is 2.23. The van der Waals surface area contributed by atoms with E-state index in [1.807, 2.05) is 60.7 Å². The number of benzene rings is 3. The number of carbonyl (C=O) groups is 2. The molecule has 0 saturated heterocycles. The lowest BCUT2D eigenvalue weighted by molar-refractivity contribution is -0.139. The Labute approximate surface area is 217 Å². The molecule has 4 nitrogen and oxygen atoms in total. The van der Waals surface area contributed by atoms with Gasteiger partial charge in [0, 0.05) is 29.5 Å². The highest BCUT2D eigenvalue weighted by atomic mass is 32.2. The summed E-state index contributed by atoms with van der Waals surface area (Å²) in [5.41, 5.74) is 1.36. The summed E-state index contributed by atoms with van der Waals surface area (Å²) < 4.78 is 14.7. The molecule has 1 atom stereocenters.